The van der Waals surface area contributed by atoms with Crippen LogP contribution in [-0.4, -0.2) is 43.5 Å². The van der Waals surface area contributed by atoms with E-state index in [1.165, 1.54) is 16.1 Å². The minimum absolute atomic E-state index is 0.0162. The quantitative estimate of drug-likeness (QED) is 0.836. The number of hydrogen-bond acceptors (Lipinski definition) is 5. The molecule has 1 atom stereocenters. The smallest absolute Gasteiger partial charge is 0.239 e. The Morgan fingerprint density at radius 1 is 1.28 bits per heavy atom. The first-order valence-corrected chi connectivity index (χ1v) is 11.2. The van der Waals surface area contributed by atoms with Crippen molar-refractivity contribution >= 4 is 27.9 Å². The minimum Gasteiger partial charge on any atom is -0.369 e. The number of amides is 1. The van der Waals surface area contributed by atoms with E-state index in [2.05, 4.69) is 59.3 Å². The van der Waals surface area contributed by atoms with Crippen molar-refractivity contribution in [2.45, 2.75) is 33.1 Å². The van der Waals surface area contributed by atoms with Crippen molar-refractivity contribution in [3.63, 3.8) is 0 Å². The summed E-state index contributed by atoms with van der Waals surface area (Å²) in [6.45, 7) is 8.36. The highest BCUT2D eigenvalue weighted by atomic mass is 32.1. The highest BCUT2D eigenvalue weighted by Gasteiger charge is 2.25. The maximum Gasteiger partial charge on any atom is 0.239 e. The number of carbonyl (C=O) groups excluding carboxylic acids is 1. The average Bonchev–Trinajstić information content (AvgIpc) is 3.04. The van der Waals surface area contributed by atoms with Gasteiger partial charge in [-0.15, -0.1) is 11.3 Å². The Balaban J connectivity index is 1.34. The van der Waals surface area contributed by atoms with E-state index in [0.717, 1.165) is 56.0 Å². The van der Waals surface area contributed by atoms with Gasteiger partial charge >= 0.3 is 0 Å². The molecule has 29 heavy (non-hydrogen) atoms. The summed E-state index contributed by atoms with van der Waals surface area (Å²) in [7, 11) is 0. The number of aryl methyl sites for hydroxylation is 1. The molecule has 1 aromatic heterocycles. The fraction of sp³-hybridized carbons (Fsp3) is 0.478. The number of hydrogen-bond donors (Lipinski definition) is 1. The average molecular weight is 409 g/mol. The number of rotatable bonds is 4. The molecular formula is C23H28N4OS. The van der Waals surface area contributed by atoms with Crippen LogP contribution in [0.2, 0.25) is 0 Å². The predicted molar refractivity (Wildman–Crippen MR) is 119 cm³/mol. The van der Waals surface area contributed by atoms with Crippen LogP contribution < -0.4 is 10.2 Å². The number of benzene rings is 1. The number of piperazine rings is 1. The first-order valence-electron chi connectivity index (χ1n) is 10.4. The number of nitriles is 1. The van der Waals surface area contributed by atoms with Gasteiger partial charge in [-0.3, -0.25) is 9.69 Å². The molecule has 1 fully saturated rings. The summed E-state index contributed by atoms with van der Waals surface area (Å²) < 4.78 is 0. The van der Waals surface area contributed by atoms with E-state index in [9.17, 15) is 10.1 Å². The van der Waals surface area contributed by atoms with Crippen LogP contribution in [0.5, 0.6) is 0 Å². The molecule has 6 heteroatoms. The lowest BCUT2D eigenvalue weighted by Crippen LogP contribution is -2.48. The molecule has 2 aromatic rings. The largest absolute Gasteiger partial charge is 0.369 e. The standard InChI is InChI=1S/C23H28N4OS/c1-16-7-8-18-19(14-24)23(29-21(18)13-16)25-22(28)15-26-9-11-27(12-10-26)20-6-4-3-5-17(20)2/h3-6,16H,7-13,15H2,1-2H3,(H,25,28)/t16-/m0/s1. The first kappa shape index (κ1) is 19.9. The van der Waals surface area contributed by atoms with E-state index >= 15 is 0 Å². The molecule has 1 aromatic carbocycles. The van der Waals surface area contributed by atoms with E-state index in [1.54, 1.807) is 11.3 Å². The minimum atomic E-state index is -0.0162. The molecular weight excluding hydrogens is 380 g/mol. The second-order valence-electron chi connectivity index (χ2n) is 8.27. The molecule has 4 rings (SSSR count). The lowest BCUT2D eigenvalue weighted by atomic mass is 9.89. The van der Waals surface area contributed by atoms with Crippen molar-refractivity contribution in [3.05, 3.63) is 45.8 Å². The normalized spacial score (nSPS) is 19.5. The summed E-state index contributed by atoms with van der Waals surface area (Å²) >= 11 is 1.60. The van der Waals surface area contributed by atoms with Gasteiger partial charge in [0.15, 0.2) is 0 Å². The van der Waals surface area contributed by atoms with Crippen LogP contribution in [-0.2, 0) is 17.6 Å². The highest BCUT2D eigenvalue weighted by molar-refractivity contribution is 7.16. The summed E-state index contributed by atoms with van der Waals surface area (Å²) in [5.41, 5.74) is 4.43. The first-order chi connectivity index (χ1) is 14.0. The number of carbonyl (C=O) groups is 1. The van der Waals surface area contributed by atoms with E-state index in [4.69, 9.17) is 0 Å². The zero-order valence-corrected chi connectivity index (χ0v) is 18.0. The topological polar surface area (TPSA) is 59.4 Å². The summed E-state index contributed by atoms with van der Waals surface area (Å²) in [5.74, 6) is 0.637. The maximum absolute atomic E-state index is 12.7. The Kier molecular flexibility index (Phi) is 5.89. The number of fused-ring (bicyclic) bond motifs is 1. The molecule has 1 saturated heterocycles. The molecule has 5 nitrogen and oxygen atoms in total. The molecule has 1 aliphatic heterocycles. The summed E-state index contributed by atoms with van der Waals surface area (Å²) in [6, 6.07) is 10.8. The third-order valence-electron chi connectivity index (χ3n) is 6.07. The predicted octanol–water partition coefficient (Wildman–Crippen LogP) is 3.81. The number of anilines is 2. The zero-order valence-electron chi connectivity index (χ0n) is 17.2. The molecule has 152 valence electrons. The monoisotopic (exact) mass is 408 g/mol. The van der Waals surface area contributed by atoms with E-state index in [1.807, 2.05) is 0 Å². The van der Waals surface area contributed by atoms with E-state index in [0.29, 0.717) is 18.0 Å². The van der Waals surface area contributed by atoms with Crippen LogP contribution in [0.4, 0.5) is 10.7 Å². The van der Waals surface area contributed by atoms with Gasteiger partial charge in [-0.2, -0.15) is 5.26 Å². The Bertz CT molecular complexity index is 937. The van der Waals surface area contributed by atoms with Crippen LogP contribution in [0.15, 0.2) is 24.3 Å². The van der Waals surface area contributed by atoms with Crippen LogP contribution >= 0.6 is 11.3 Å². The van der Waals surface area contributed by atoms with Crippen molar-refractivity contribution in [3.8, 4) is 6.07 Å². The Hall–Kier alpha value is -2.36. The molecule has 2 aliphatic rings. The van der Waals surface area contributed by atoms with Gasteiger partial charge in [0, 0.05) is 36.7 Å². The van der Waals surface area contributed by atoms with Crippen molar-refractivity contribution < 1.29 is 4.79 Å². The Morgan fingerprint density at radius 3 is 2.76 bits per heavy atom. The van der Waals surface area contributed by atoms with Gasteiger partial charge in [0.2, 0.25) is 5.91 Å². The van der Waals surface area contributed by atoms with Crippen molar-refractivity contribution in [1.29, 1.82) is 5.26 Å². The summed E-state index contributed by atoms with van der Waals surface area (Å²) in [5, 5.41) is 13.4. The molecule has 2 heterocycles. The van der Waals surface area contributed by atoms with Gasteiger partial charge in [-0.1, -0.05) is 25.1 Å². The molecule has 0 spiro atoms. The molecule has 0 bridgehead atoms. The lowest BCUT2D eigenvalue weighted by molar-refractivity contribution is -0.117. The van der Waals surface area contributed by atoms with Crippen LogP contribution in [0.1, 0.15) is 34.9 Å². The lowest BCUT2D eigenvalue weighted by Gasteiger charge is -2.36. The summed E-state index contributed by atoms with van der Waals surface area (Å²) in [6.07, 6.45) is 3.09. The number of para-hydroxylation sites is 1. The van der Waals surface area contributed by atoms with Gasteiger partial charge < -0.3 is 10.2 Å². The van der Waals surface area contributed by atoms with Gasteiger partial charge in [-0.05, 0) is 49.3 Å². The molecule has 0 saturated carbocycles. The summed E-state index contributed by atoms with van der Waals surface area (Å²) in [4.78, 5) is 18.5. The van der Waals surface area contributed by atoms with Crippen molar-refractivity contribution in [2.24, 2.45) is 5.92 Å². The van der Waals surface area contributed by atoms with E-state index in [-0.39, 0.29) is 5.91 Å². The zero-order chi connectivity index (χ0) is 20.4. The maximum atomic E-state index is 12.7. The van der Waals surface area contributed by atoms with Gasteiger partial charge in [0.05, 0.1) is 12.1 Å². The number of thiophene rings is 1. The third-order valence-corrected chi connectivity index (χ3v) is 7.24. The molecule has 1 amide bonds. The van der Waals surface area contributed by atoms with E-state index < -0.39 is 0 Å². The van der Waals surface area contributed by atoms with Crippen molar-refractivity contribution in [2.75, 3.05) is 42.9 Å². The molecule has 1 aliphatic carbocycles. The molecule has 0 unspecified atom stereocenters. The van der Waals surface area contributed by atoms with Crippen molar-refractivity contribution in [1.82, 2.24) is 4.90 Å². The number of nitrogens with zero attached hydrogens (tertiary/aromatic N) is 3. The highest BCUT2D eigenvalue weighted by Crippen LogP contribution is 2.39. The Morgan fingerprint density at radius 2 is 2.03 bits per heavy atom. The van der Waals surface area contributed by atoms with Crippen LogP contribution in [0.3, 0.4) is 0 Å². The molecule has 1 N–H and O–H groups in total. The third kappa shape index (κ3) is 4.31. The van der Waals surface area contributed by atoms with Gasteiger partial charge in [0.25, 0.3) is 0 Å². The van der Waals surface area contributed by atoms with Gasteiger partial charge in [-0.25, -0.2) is 0 Å². The van der Waals surface area contributed by atoms with Gasteiger partial charge in [0.1, 0.15) is 11.1 Å². The number of nitrogens with one attached hydrogen (secondary N) is 1. The second kappa shape index (κ2) is 8.56. The van der Waals surface area contributed by atoms with Crippen LogP contribution in [0.25, 0.3) is 0 Å². The SMILES string of the molecule is Cc1ccccc1N1CCN(CC(=O)Nc2sc3c(c2C#N)CC[C@H](C)C3)CC1. The van der Waals surface area contributed by atoms with Crippen LogP contribution in [0, 0.1) is 24.2 Å². The fourth-order valence-corrected chi connectivity index (χ4v) is 5.77. The molecule has 0 radical (unpaired) electrons. The fourth-order valence-electron chi connectivity index (χ4n) is 4.39. The Labute approximate surface area is 176 Å². The second-order valence-corrected chi connectivity index (χ2v) is 9.37.